The first-order valence-electron chi connectivity index (χ1n) is 16.9. The highest BCUT2D eigenvalue weighted by molar-refractivity contribution is 5.37. The number of hydrogen-bond donors (Lipinski definition) is 2. The van der Waals surface area contributed by atoms with E-state index in [0.717, 1.165) is 19.3 Å². The summed E-state index contributed by atoms with van der Waals surface area (Å²) in [6, 6.07) is 0. The first-order chi connectivity index (χ1) is 20.4. The molecular formula is C40H60O4. The van der Waals surface area contributed by atoms with Crippen LogP contribution in [-0.4, -0.2) is 44.8 Å². The summed E-state index contributed by atoms with van der Waals surface area (Å²) in [6.07, 6.45) is 30.1. The van der Waals surface area contributed by atoms with Crippen molar-refractivity contribution in [3.05, 3.63) is 83.6 Å². The molecule has 0 bridgehead atoms. The number of rotatable bonds is 12. The molecule has 0 radical (unpaired) electrons. The van der Waals surface area contributed by atoms with Crippen LogP contribution in [0.1, 0.15) is 114 Å². The number of unbranched alkanes of at least 4 members (excludes halogenated alkanes) is 1. The van der Waals surface area contributed by atoms with Gasteiger partial charge < -0.3 is 19.7 Å². The fourth-order valence-corrected chi connectivity index (χ4v) is 8.44. The van der Waals surface area contributed by atoms with Crippen LogP contribution in [0.4, 0.5) is 0 Å². The van der Waals surface area contributed by atoms with Gasteiger partial charge in [0.1, 0.15) is 22.4 Å². The van der Waals surface area contributed by atoms with Crippen molar-refractivity contribution in [2.75, 3.05) is 0 Å². The normalized spacial score (nSPS) is 39.3. The van der Waals surface area contributed by atoms with Crippen LogP contribution >= 0.6 is 0 Å². The van der Waals surface area contributed by atoms with E-state index in [1.54, 1.807) is 0 Å². The van der Waals surface area contributed by atoms with E-state index in [9.17, 15) is 10.2 Å². The fourth-order valence-electron chi connectivity index (χ4n) is 8.44. The van der Waals surface area contributed by atoms with Gasteiger partial charge in [-0.1, -0.05) is 106 Å². The molecule has 0 aromatic heterocycles. The second-order valence-corrected chi connectivity index (χ2v) is 16.1. The maximum absolute atomic E-state index is 10.3. The van der Waals surface area contributed by atoms with Gasteiger partial charge in [-0.05, 0) is 84.8 Å². The Morgan fingerprint density at radius 2 is 1.18 bits per heavy atom. The SMILES string of the molecule is CC(=C/C=C\C(C)CCC/C=C(C)/C=C/C=C(C)/C=C/[C@@]12O[C@]1(C)C[C@@H](O)CC2(C)C)/C=C/[C@@]12O[C@]1(C)C[C@@H](O)CC2(C)C. The Balaban J connectivity index is 1.18. The molecule has 4 rings (SSSR count). The number of hydrogen-bond acceptors (Lipinski definition) is 4. The number of aliphatic hydroxyl groups excluding tert-OH is 2. The Kier molecular flexibility index (Phi) is 10.0. The zero-order valence-corrected chi connectivity index (χ0v) is 29.2. The molecule has 0 aromatic rings. The second-order valence-electron chi connectivity index (χ2n) is 16.1. The second kappa shape index (κ2) is 12.7. The molecule has 2 aliphatic carbocycles. The van der Waals surface area contributed by atoms with E-state index in [1.807, 2.05) is 0 Å². The van der Waals surface area contributed by atoms with Gasteiger partial charge in [-0.15, -0.1) is 0 Å². The van der Waals surface area contributed by atoms with Gasteiger partial charge in [-0.2, -0.15) is 0 Å². The Morgan fingerprint density at radius 3 is 1.66 bits per heavy atom. The summed E-state index contributed by atoms with van der Waals surface area (Å²) in [6.45, 7) is 21.8. The molecule has 2 saturated heterocycles. The third-order valence-corrected chi connectivity index (χ3v) is 11.0. The first kappa shape index (κ1) is 34.9. The highest BCUT2D eigenvalue weighted by Gasteiger charge is 2.75. The first-order valence-corrected chi connectivity index (χ1v) is 16.9. The van der Waals surface area contributed by atoms with Gasteiger partial charge in [-0.3, -0.25) is 0 Å². The van der Waals surface area contributed by atoms with E-state index in [2.05, 4.69) is 136 Å². The van der Waals surface area contributed by atoms with Crippen LogP contribution in [0.25, 0.3) is 0 Å². The Hall–Kier alpha value is -1.98. The van der Waals surface area contributed by atoms with Crippen LogP contribution in [0.2, 0.25) is 0 Å². The van der Waals surface area contributed by atoms with Gasteiger partial charge in [-0.25, -0.2) is 0 Å². The van der Waals surface area contributed by atoms with Crippen molar-refractivity contribution in [2.24, 2.45) is 16.7 Å². The van der Waals surface area contributed by atoms with Crippen molar-refractivity contribution in [1.29, 1.82) is 0 Å². The van der Waals surface area contributed by atoms with Crippen LogP contribution in [0.5, 0.6) is 0 Å². The van der Waals surface area contributed by atoms with Gasteiger partial charge in [0.15, 0.2) is 0 Å². The monoisotopic (exact) mass is 604 g/mol. The van der Waals surface area contributed by atoms with Crippen molar-refractivity contribution >= 4 is 0 Å². The molecule has 4 fully saturated rings. The minimum Gasteiger partial charge on any atom is -0.393 e. The van der Waals surface area contributed by atoms with Gasteiger partial charge in [0.25, 0.3) is 0 Å². The summed E-state index contributed by atoms with van der Waals surface area (Å²) >= 11 is 0. The lowest BCUT2D eigenvalue weighted by atomic mass is 9.63. The predicted molar refractivity (Wildman–Crippen MR) is 183 cm³/mol. The average molecular weight is 605 g/mol. The highest BCUT2D eigenvalue weighted by atomic mass is 16.6. The topological polar surface area (TPSA) is 65.5 Å². The Labute approximate surface area is 268 Å². The molecule has 1 unspecified atom stereocenters. The molecule has 2 aliphatic heterocycles. The molecule has 2 saturated carbocycles. The lowest BCUT2D eigenvalue weighted by Crippen LogP contribution is -2.46. The van der Waals surface area contributed by atoms with E-state index in [0.29, 0.717) is 18.8 Å². The van der Waals surface area contributed by atoms with Crippen molar-refractivity contribution in [2.45, 2.75) is 149 Å². The molecule has 4 heteroatoms. The number of allylic oxidation sites excluding steroid dienone is 12. The molecule has 7 atom stereocenters. The Morgan fingerprint density at radius 1 is 0.705 bits per heavy atom. The zero-order chi connectivity index (χ0) is 32.6. The molecule has 244 valence electrons. The van der Waals surface area contributed by atoms with E-state index in [-0.39, 0.29) is 45.4 Å². The van der Waals surface area contributed by atoms with Crippen LogP contribution in [0.3, 0.4) is 0 Å². The molecular weight excluding hydrogens is 544 g/mol. The summed E-state index contributed by atoms with van der Waals surface area (Å²) < 4.78 is 12.5. The smallest absolute Gasteiger partial charge is 0.121 e. The van der Waals surface area contributed by atoms with Crippen LogP contribution < -0.4 is 0 Å². The average Bonchev–Trinajstić information content (AvgIpc) is 3.73. The van der Waals surface area contributed by atoms with Gasteiger partial charge >= 0.3 is 0 Å². The van der Waals surface area contributed by atoms with Crippen LogP contribution in [-0.2, 0) is 9.47 Å². The third-order valence-electron chi connectivity index (χ3n) is 11.0. The summed E-state index contributed by atoms with van der Waals surface area (Å²) in [4.78, 5) is 0. The largest absolute Gasteiger partial charge is 0.393 e. The highest BCUT2D eigenvalue weighted by Crippen LogP contribution is 2.67. The van der Waals surface area contributed by atoms with Gasteiger partial charge in [0.2, 0.25) is 0 Å². The summed E-state index contributed by atoms with van der Waals surface area (Å²) in [5.74, 6) is 0.534. The lowest BCUT2D eigenvalue weighted by Gasteiger charge is -2.39. The summed E-state index contributed by atoms with van der Waals surface area (Å²) in [7, 11) is 0. The van der Waals surface area contributed by atoms with E-state index in [4.69, 9.17) is 9.47 Å². The molecule has 2 heterocycles. The third kappa shape index (κ3) is 7.04. The van der Waals surface area contributed by atoms with E-state index < -0.39 is 0 Å². The maximum atomic E-state index is 10.3. The standard InChI is InChI=1S/C40H60O4/c1-29(17-13-19-31(3)21-23-39-35(5,6)25-33(41)27-37(39,9)43-39)15-11-12-16-30(2)18-14-20-32(4)22-24-40-36(7,8)26-34(42)28-38(40,10)44-40/h13-15,17-24,30,33-34,41-42H,11-12,16,25-28H2,1-10H3/b17-13+,18-14-,23-21+,24-22+,29-15+,31-19+,32-20-/t30?,33-,34-,37+,38+,39-,40-/m0/s1. The number of epoxide rings is 2. The zero-order valence-electron chi connectivity index (χ0n) is 29.2. The van der Waals surface area contributed by atoms with Crippen molar-refractivity contribution in [3.8, 4) is 0 Å². The number of fused-ring (bicyclic) bond motifs is 2. The molecule has 0 aromatic carbocycles. The molecule has 4 nitrogen and oxygen atoms in total. The number of aliphatic hydroxyl groups is 2. The summed E-state index contributed by atoms with van der Waals surface area (Å²) in [5.41, 5.74) is 2.47. The molecule has 44 heavy (non-hydrogen) atoms. The molecule has 4 aliphatic rings. The van der Waals surface area contributed by atoms with E-state index in [1.165, 1.54) is 29.6 Å². The quantitative estimate of drug-likeness (QED) is 0.132. The Bertz CT molecular complexity index is 1270. The fraction of sp³-hybridized carbons (Fsp3) is 0.650. The van der Waals surface area contributed by atoms with Gasteiger partial charge in [0.05, 0.1) is 12.2 Å². The lowest BCUT2D eigenvalue weighted by molar-refractivity contribution is 0.0510. The van der Waals surface area contributed by atoms with Crippen LogP contribution in [0, 0.1) is 16.7 Å². The van der Waals surface area contributed by atoms with Crippen molar-refractivity contribution in [1.82, 2.24) is 0 Å². The molecule has 0 amide bonds. The summed E-state index contributed by atoms with van der Waals surface area (Å²) in [5, 5.41) is 20.5. The molecule has 2 N–H and O–H groups in total. The van der Waals surface area contributed by atoms with Crippen LogP contribution in [0.15, 0.2) is 83.6 Å². The van der Waals surface area contributed by atoms with E-state index >= 15 is 0 Å². The van der Waals surface area contributed by atoms with Gasteiger partial charge in [0, 0.05) is 23.7 Å². The van der Waals surface area contributed by atoms with Crippen molar-refractivity contribution in [3.63, 3.8) is 0 Å². The van der Waals surface area contributed by atoms with Crippen molar-refractivity contribution < 1.29 is 19.7 Å². The maximum Gasteiger partial charge on any atom is 0.121 e. The number of ether oxygens (including phenoxy) is 2. The minimum absolute atomic E-state index is 0.0802. The predicted octanol–water partition coefficient (Wildman–Crippen LogP) is 9.27. The minimum atomic E-state index is -0.283. The molecule has 0 spiro atoms.